The highest BCUT2D eigenvalue weighted by Gasteiger charge is 2.06. The Morgan fingerprint density at radius 3 is 2.68 bits per heavy atom. The van der Waals surface area contributed by atoms with Crippen molar-refractivity contribution < 1.29 is 4.79 Å². The monoisotopic (exact) mass is 251 g/mol. The zero-order valence-corrected chi connectivity index (χ0v) is 10.3. The van der Waals surface area contributed by atoms with Crippen LogP contribution in [0.25, 0.3) is 0 Å². The van der Waals surface area contributed by atoms with Crippen molar-refractivity contribution in [2.45, 2.75) is 12.8 Å². The molecule has 0 spiro atoms. The maximum atomic E-state index is 11.8. The summed E-state index contributed by atoms with van der Waals surface area (Å²) < 4.78 is 0. The fourth-order valence-corrected chi connectivity index (χ4v) is 1.71. The van der Waals surface area contributed by atoms with E-state index in [1.165, 1.54) is 0 Å². The maximum Gasteiger partial charge on any atom is 0.224 e. The minimum absolute atomic E-state index is 0.0977. The van der Waals surface area contributed by atoms with Crippen LogP contribution in [0.1, 0.15) is 17.5 Å². The summed E-state index contributed by atoms with van der Waals surface area (Å²) in [7, 11) is 0. The number of carbonyl (C=O) groups is 1. The van der Waals surface area contributed by atoms with Crippen LogP contribution in [0.5, 0.6) is 0 Å². The van der Waals surface area contributed by atoms with Gasteiger partial charge in [0.15, 0.2) is 0 Å². The first-order chi connectivity index (χ1) is 9.29. The second kappa shape index (κ2) is 6.31. The van der Waals surface area contributed by atoms with Crippen molar-refractivity contribution >= 4 is 11.6 Å². The van der Waals surface area contributed by atoms with Crippen LogP contribution in [0.3, 0.4) is 0 Å². The summed E-state index contributed by atoms with van der Waals surface area (Å²) in [6.45, 7) is 0. The SMILES string of the molecule is N#Cc1ccccc1NC(=O)CCc1ccncc1. The third-order valence-corrected chi connectivity index (χ3v) is 2.71. The zero-order chi connectivity index (χ0) is 13.5. The number of nitrogens with zero attached hydrogens (tertiary/aromatic N) is 2. The highest BCUT2D eigenvalue weighted by atomic mass is 16.1. The normalized spacial score (nSPS) is 9.63. The van der Waals surface area contributed by atoms with E-state index in [-0.39, 0.29) is 5.91 Å². The standard InChI is InChI=1S/C15H13N3O/c16-11-13-3-1-2-4-14(13)18-15(19)6-5-12-7-9-17-10-8-12/h1-4,7-10H,5-6H2,(H,18,19). The third-order valence-electron chi connectivity index (χ3n) is 2.71. The Morgan fingerprint density at radius 1 is 1.21 bits per heavy atom. The summed E-state index contributed by atoms with van der Waals surface area (Å²) >= 11 is 0. The first-order valence-corrected chi connectivity index (χ1v) is 5.97. The van der Waals surface area contributed by atoms with E-state index in [4.69, 9.17) is 5.26 Å². The number of hydrogen-bond donors (Lipinski definition) is 1. The highest BCUT2D eigenvalue weighted by molar-refractivity contribution is 5.92. The highest BCUT2D eigenvalue weighted by Crippen LogP contribution is 2.14. The molecule has 0 radical (unpaired) electrons. The molecular weight excluding hydrogens is 238 g/mol. The van der Waals surface area contributed by atoms with Gasteiger partial charge in [-0.2, -0.15) is 5.26 Å². The number of anilines is 1. The lowest BCUT2D eigenvalue weighted by Gasteiger charge is -2.06. The van der Waals surface area contributed by atoms with E-state index in [1.54, 1.807) is 36.7 Å². The van der Waals surface area contributed by atoms with Crippen LogP contribution in [0.15, 0.2) is 48.8 Å². The molecular formula is C15H13N3O. The predicted molar refractivity (Wildman–Crippen MR) is 72.3 cm³/mol. The molecule has 0 atom stereocenters. The number of carbonyl (C=O) groups excluding carboxylic acids is 1. The smallest absolute Gasteiger partial charge is 0.224 e. The number of nitrogens with one attached hydrogen (secondary N) is 1. The number of rotatable bonds is 4. The second-order valence-electron chi connectivity index (χ2n) is 4.06. The molecule has 0 saturated carbocycles. The molecule has 2 aromatic rings. The fourth-order valence-electron chi connectivity index (χ4n) is 1.71. The molecule has 0 aliphatic heterocycles. The van der Waals surface area contributed by atoms with Crippen molar-refractivity contribution in [2.24, 2.45) is 0 Å². The van der Waals surface area contributed by atoms with Gasteiger partial charge in [0.2, 0.25) is 5.91 Å². The summed E-state index contributed by atoms with van der Waals surface area (Å²) in [6.07, 6.45) is 4.45. The van der Waals surface area contributed by atoms with E-state index in [9.17, 15) is 4.79 Å². The van der Waals surface area contributed by atoms with Crippen molar-refractivity contribution in [3.8, 4) is 6.07 Å². The minimum Gasteiger partial charge on any atom is -0.325 e. The van der Waals surface area contributed by atoms with Gasteiger partial charge in [-0.05, 0) is 36.2 Å². The van der Waals surface area contributed by atoms with E-state index in [1.807, 2.05) is 12.1 Å². The Morgan fingerprint density at radius 2 is 1.95 bits per heavy atom. The number of hydrogen-bond acceptors (Lipinski definition) is 3. The summed E-state index contributed by atoms with van der Waals surface area (Å²) in [5.41, 5.74) is 2.10. The Balaban J connectivity index is 1.93. The molecule has 0 saturated heterocycles. The lowest BCUT2D eigenvalue weighted by Crippen LogP contribution is -2.13. The number of aryl methyl sites for hydroxylation is 1. The third kappa shape index (κ3) is 3.65. The largest absolute Gasteiger partial charge is 0.325 e. The van der Waals surface area contributed by atoms with Gasteiger partial charge in [0.25, 0.3) is 0 Å². The molecule has 4 heteroatoms. The Kier molecular flexibility index (Phi) is 4.25. The van der Waals surface area contributed by atoms with Gasteiger partial charge in [0.1, 0.15) is 6.07 Å². The van der Waals surface area contributed by atoms with Crippen LogP contribution in [0, 0.1) is 11.3 Å². The molecule has 19 heavy (non-hydrogen) atoms. The van der Waals surface area contributed by atoms with Crippen molar-refractivity contribution in [1.29, 1.82) is 5.26 Å². The quantitative estimate of drug-likeness (QED) is 0.908. The van der Waals surface area contributed by atoms with Gasteiger partial charge in [0, 0.05) is 18.8 Å². The lowest BCUT2D eigenvalue weighted by molar-refractivity contribution is -0.116. The Bertz CT molecular complexity index is 602. The lowest BCUT2D eigenvalue weighted by atomic mass is 10.1. The number of pyridine rings is 1. The van der Waals surface area contributed by atoms with Gasteiger partial charge >= 0.3 is 0 Å². The summed E-state index contributed by atoms with van der Waals surface area (Å²) in [4.78, 5) is 15.7. The average Bonchev–Trinajstić information content (AvgIpc) is 2.47. The minimum atomic E-state index is -0.0977. The average molecular weight is 251 g/mol. The molecule has 0 unspecified atom stereocenters. The fraction of sp³-hybridized carbons (Fsp3) is 0.133. The van der Waals surface area contributed by atoms with Crippen LogP contribution in [-0.2, 0) is 11.2 Å². The first-order valence-electron chi connectivity index (χ1n) is 5.97. The van der Waals surface area contributed by atoms with Gasteiger partial charge < -0.3 is 5.32 Å². The van der Waals surface area contributed by atoms with Crippen molar-refractivity contribution in [1.82, 2.24) is 4.98 Å². The van der Waals surface area contributed by atoms with E-state index in [2.05, 4.69) is 16.4 Å². The van der Waals surface area contributed by atoms with Crippen LogP contribution < -0.4 is 5.32 Å². The van der Waals surface area contributed by atoms with Crippen LogP contribution in [-0.4, -0.2) is 10.9 Å². The van der Waals surface area contributed by atoms with E-state index in [0.717, 1.165) is 5.56 Å². The Hall–Kier alpha value is -2.67. The van der Waals surface area contributed by atoms with E-state index >= 15 is 0 Å². The molecule has 0 bridgehead atoms. The number of aromatic nitrogens is 1. The van der Waals surface area contributed by atoms with E-state index in [0.29, 0.717) is 24.1 Å². The number of nitriles is 1. The zero-order valence-electron chi connectivity index (χ0n) is 10.3. The molecule has 0 fully saturated rings. The Labute approximate surface area is 111 Å². The van der Waals surface area contributed by atoms with Gasteiger partial charge in [-0.1, -0.05) is 12.1 Å². The van der Waals surface area contributed by atoms with Crippen molar-refractivity contribution in [3.05, 3.63) is 59.9 Å². The van der Waals surface area contributed by atoms with Crippen LogP contribution >= 0.6 is 0 Å². The molecule has 1 N–H and O–H groups in total. The number of amides is 1. The number of para-hydroxylation sites is 1. The second-order valence-corrected chi connectivity index (χ2v) is 4.06. The topological polar surface area (TPSA) is 65.8 Å². The molecule has 0 aliphatic carbocycles. The summed E-state index contributed by atoms with van der Waals surface area (Å²) in [5, 5.41) is 11.7. The maximum absolute atomic E-state index is 11.8. The molecule has 1 aromatic heterocycles. The van der Waals surface area contributed by atoms with Crippen molar-refractivity contribution in [2.75, 3.05) is 5.32 Å². The molecule has 1 heterocycles. The van der Waals surface area contributed by atoms with E-state index < -0.39 is 0 Å². The molecule has 2 rings (SSSR count). The van der Waals surface area contributed by atoms with Crippen LogP contribution in [0.4, 0.5) is 5.69 Å². The molecule has 94 valence electrons. The van der Waals surface area contributed by atoms with Gasteiger partial charge in [-0.15, -0.1) is 0 Å². The van der Waals surface area contributed by atoms with Gasteiger partial charge in [-0.3, -0.25) is 9.78 Å². The predicted octanol–water partition coefficient (Wildman–Crippen LogP) is 2.52. The molecule has 0 aliphatic rings. The first kappa shape index (κ1) is 12.8. The van der Waals surface area contributed by atoms with Crippen LogP contribution in [0.2, 0.25) is 0 Å². The van der Waals surface area contributed by atoms with Gasteiger partial charge in [0.05, 0.1) is 11.3 Å². The summed E-state index contributed by atoms with van der Waals surface area (Å²) in [6, 6.07) is 12.8. The molecule has 4 nitrogen and oxygen atoms in total. The molecule has 1 amide bonds. The van der Waals surface area contributed by atoms with Gasteiger partial charge in [-0.25, -0.2) is 0 Å². The molecule has 1 aromatic carbocycles. The summed E-state index contributed by atoms with van der Waals surface area (Å²) in [5.74, 6) is -0.0977. The number of benzene rings is 1. The van der Waals surface area contributed by atoms with Crippen molar-refractivity contribution in [3.63, 3.8) is 0 Å².